The summed E-state index contributed by atoms with van der Waals surface area (Å²) in [6.07, 6.45) is 2.44. The third kappa shape index (κ3) is 12.3. The van der Waals surface area contributed by atoms with E-state index in [2.05, 4.69) is 5.32 Å². The van der Waals surface area contributed by atoms with Gasteiger partial charge in [-0.15, -0.1) is 16.8 Å². The summed E-state index contributed by atoms with van der Waals surface area (Å²) in [4.78, 5) is 112. The Hall–Kier alpha value is -4.86. The van der Waals surface area contributed by atoms with E-state index < -0.39 is 94.7 Å². The summed E-state index contributed by atoms with van der Waals surface area (Å²) >= 11 is 8.15. The van der Waals surface area contributed by atoms with E-state index in [0.717, 1.165) is 16.7 Å². The summed E-state index contributed by atoms with van der Waals surface area (Å²) in [5.74, 6) is -3.95. The van der Waals surface area contributed by atoms with Crippen LogP contribution in [0.25, 0.3) is 0 Å². The molecule has 0 spiro atoms. The van der Waals surface area contributed by atoms with Crippen LogP contribution in [0.4, 0.5) is 10.5 Å². The number of hydrogen-bond acceptors (Lipinski definition) is 16. The Balaban J connectivity index is 0.943. The van der Waals surface area contributed by atoms with E-state index in [1.54, 1.807) is 33.0 Å². The van der Waals surface area contributed by atoms with Crippen molar-refractivity contribution < 1.29 is 72.0 Å². The molecule has 1 aromatic carbocycles. The number of halogens is 1. The number of amides is 6. The predicted molar refractivity (Wildman–Crippen MR) is 257 cm³/mol. The smallest absolute Gasteiger partial charge is 0.409 e. The minimum atomic E-state index is -1.84. The van der Waals surface area contributed by atoms with Gasteiger partial charge in [-0.3, -0.25) is 34.2 Å². The van der Waals surface area contributed by atoms with Crippen molar-refractivity contribution in [3.8, 4) is 0 Å². The van der Waals surface area contributed by atoms with E-state index in [9.17, 15) is 43.5 Å². The first-order valence-corrected chi connectivity index (χ1v) is 25.7. The van der Waals surface area contributed by atoms with Crippen LogP contribution in [0.3, 0.4) is 0 Å². The van der Waals surface area contributed by atoms with Gasteiger partial charge in [0.2, 0.25) is 17.7 Å². The van der Waals surface area contributed by atoms with E-state index in [4.69, 9.17) is 40.1 Å². The van der Waals surface area contributed by atoms with Gasteiger partial charge in [-0.2, -0.15) is 0 Å². The van der Waals surface area contributed by atoms with Crippen LogP contribution in [0, 0.1) is 24.7 Å². The molecule has 5 fully saturated rings. The van der Waals surface area contributed by atoms with Gasteiger partial charge in [-0.25, -0.2) is 14.4 Å². The molecule has 71 heavy (non-hydrogen) atoms. The second-order valence-electron chi connectivity index (χ2n) is 19.8. The van der Waals surface area contributed by atoms with Crippen LogP contribution in [-0.2, 0) is 68.5 Å². The van der Waals surface area contributed by atoms with Gasteiger partial charge in [0.15, 0.2) is 11.8 Å². The predicted octanol–water partition coefficient (Wildman–Crippen LogP) is 5.04. The van der Waals surface area contributed by atoms with Gasteiger partial charge in [0.25, 0.3) is 11.8 Å². The lowest BCUT2D eigenvalue weighted by atomic mass is 9.82. The van der Waals surface area contributed by atoms with Crippen molar-refractivity contribution in [2.24, 2.45) is 17.8 Å². The van der Waals surface area contributed by atoms with Crippen LogP contribution in [0.15, 0.2) is 35.9 Å². The fraction of sp³-hybridized carbons (Fsp3) is 0.640. The number of epoxide rings is 1. The Morgan fingerprint density at radius 2 is 1.72 bits per heavy atom. The molecule has 1 saturated carbocycles. The van der Waals surface area contributed by atoms with Crippen LogP contribution in [-0.4, -0.2) is 143 Å². The van der Waals surface area contributed by atoms with Crippen LogP contribution in [0.2, 0.25) is 5.02 Å². The maximum absolute atomic E-state index is 14.2. The zero-order valence-corrected chi connectivity index (χ0v) is 42.8. The number of imide groups is 2. The lowest BCUT2D eigenvalue weighted by molar-refractivity contribution is -0.201. The monoisotopic (exact) mass is 1030 g/mol. The number of hydrogen-bond donors (Lipinski definition) is 2. The molecule has 21 heteroatoms. The quantitative estimate of drug-likeness (QED) is 0.114. The molecule has 9 atom stereocenters. The summed E-state index contributed by atoms with van der Waals surface area (Å²) < 4.78 is 29.7. The standard InChI is InChI=1S/C50H65ClN4O15S/c1-27-10-8-11-37(65-7)50(64)25-35(67-48(63)52-50)29(3)44-49(5,69-44)38(24-41(58)53(6)34-22-32(20-27)21-28(2)43(34)51)68-46(61)30(4)66-18-9-19-71-36-23-42(59)54(45(36)60)26-31-12-14-33(15-13-31)47(62)70-55-39(56)16-17-40(55)57/h8,10-11,21-22,29-31,33,35-38,44,64H,9,12-20,23-26H2,1-7H3,(H,52,63)/b11-8+,27-10+/t29-,30-,31-,33-,35+,36?,37-,38+,44+,49+,50+/m1/s1. The molecule has 6 amide bonds. The first-order chi connectivity index (χ1) is 33.6. The third-order valence-electron chi connectivity index (χ3n) is 14.5. The summed E-state index contributed by atoms with van der Waals surface area (Å²) in [5, 5.41) is 14.7. The SMILES string of the molecule is CO[C@@H]1/C=C/C=C(\C)Cc2cc(C)c(Cl)c(c2)N(C)C(=O)C[C@H](OC(=O)[C@@H](C)OCCCSC2CC(=O)N(C[C@H]3CC[C@H](C(=O)ON4C(=O)CCC4=O)CC3)C2=O)[C@]2(C)O[C@H]2[C@H](C)[C@@H]2C[C@@]1(O)NC(=O)O2. The highest BCUT2D eigenvalue weighted by Gasteiger charge is 2.64. The average Bonchev–Trinajstić information content (AvgIpc) is 3.83. The van der Waals surface area contributed by atoms with Crippen LogP contribution in [0.1, 0.15) is 103 Å². The van der Waals surface area contributed by atoms with Gasteiger partial charge in [0.05, 0.1) is 34.4 Å². The Morgan fingerprint density at radius 1 is 1.01 bits per heavy atom. The van der Waals surface area contributed by atoms with Gasteiger partial charge in [-0.05, 0) is 95.1 Å². The van der Waals surface area contributed by atoms with Crippen molar-refractivity contribution >= 4 is 76.6 Å². The molecule has 2 N–H and O–H groups in total. The number of anilines is 1. The number of esters is 1. The molecule has 5 aliphatic heterocycles. The largest absolute Gasteiger partial charge is 0.457 e. The Bertz CT molecular complexity index is 2320. The van der Waals surface area contributed by atoms with Gasteiger partial charge in [0.1, 0.15) is 23.9 Å². The Morgan fingerprint density at radius 3 is 2.41 bits per heavy atom. The van der Waals surface area contributed by atoms with Gasteiger partial charge in [0, 0.05) is 58.9 Å². The number of likely N-dealkylation sites (tertiary alicyclic amines) is 1. The number of methoxy groups -OCH3 is 1. The fourth-order valence-electron chi connectivity index (χ4n) is 10.1. The molecule has 19 nitrogen and oxygen atoms in total. The molecule has 4 saturated heterocycles. The highest BCUT2D eigenvalue weighted by Crippen LogP contribution is 2.49. The molecule has 6 aliphatic rings. The van der Waals surface area contributed by atoms with E-state index in [0.29, 0.717) is 60.1 Å². The number of alkyl carbamates (subject to hydrolysis) is 1. The number of benzene rings is 1. The van der Waals surface area contributed by atoms with Gasteiger partial charge < -0.3 is 38.5 Å². The maximum atomic E-state index is 14.2. The Kier molecular flexibility index (Phi) is 17.1. The van der Waals surface area contributed by atoms with Crippen molar-refractivity contribution in [2.45, 2.75) is 152 Å². The molecule has 7 rings (SSSR count). The minimum absolute atomic E-state index is 0.000330. The molecule has 5 heterocycles. The third-order valence-corrected chi connectivity index (χ3v) is 16.3. The molecule has 1 unspecified atom stereocenters. The average molecular weight is 1030 g/mol. The molecular formula is C50H65ClN4O15S. The fourth-order valence-corrected chi connectivity index (χ4v) is 11.5. The number of thioether (sulfide) groups is 1. The van der Waals surface area contributed by atoms with Crippen molar-refractivity contribution in [3.05, 3.63) is 52.1 Å². The van der Waals surface area contributed by atoms with Crippen molar-refractivity contribution in [2.75, 3.05) is 38.0 Å². The highest BCUT2D eigenvalue weighted by atomic mass is 35.5. The van der Waals surface area contributed by atoms with Crippen molar-refractivity contribution in [3.63, 3.8) is 0 Å². The summed E-state index contributed by atoms with van der Waals surface area (Å²) in [6, 6.07) is 3.78. The van der Waals surface area contributed by atoms with Crippen molar-refractivity contribution in [1.82, 2.24) is 15.3 Å². The minimum Gasteiger partial charge on any atom is -0.457 e. The number of nitrogens with one attached hydrogen (secondary N) is 1. The molecule has 0 aromatic heterocycles. The number of aryl methyl sites for hydroxylation is 1. The first-order valence-electron chi connectivity index (χ1n) is 24.3. The van der Waals surface area contributed by atoms with Gasteiger partial charge in [-0.1, -0.05) is 48.4 Å². The molecule has 1 aliphatic carbocycles. The zero-order chi connectivity index (χ0) is 51.5. The zero-order valence-electron chi connectivity index (χ0n) is 41.3. The number of aliphatic hydroxyl groups is 1. The van der Waals surface area contributed by atoms with E-state index >= 15 is 0 Å². The Labute approximate surface area is 422 Å². The lowest BCUT2D eigenvalue weighted by Gasteiger charge is -2.42. The summed E-state index contributed by atoms with van der Waals surface area (Å²) in [5.41, 5.74) is 0.00489. The number of fused-ring (bicyclic) bond motifs is 5. The molecule has 388 valence electrons. The van der Waals surface area contributed by atoms with Crippen LogP contribution < -0.4 is 10.2 Å². The van der Waals surface area contributed by atoms with Crippen LogP contribution >= 0.6 is 23.4 Å². The highest BCUT2D eigenvalue weighted by molar-refractivity contribution is 8.00. The number of carbonyl (C=O) groups is 8. The number of rotatable bonds is 13. The second kappa shape index (κ2) is 22.5. The second-order valence-corrected chi connectivity index (χ2v) is 21.5. The molecule has 0 radical (unpaired) electrons. The molecular weight excluding hydrogens is 964 g/mol. The van der Waals surface area contributed by atoms with Gasteiger partial charge >= 0.3 is 18.0 Å². The topological polar surface area (TPSA) is 237 Å². The normalized spacial score (nSPS) is 33.2. The number of nitrogens with zero attached hydrogens (tertiary/aromatic N) is 3. The van der Waals surface area contributed by atoms with E-state index in [1.165, 1.54) is 35.6 Å². The number of carbonyl (C=O) groups excluding carboxylic acids is 8. The lowest BCUT2D eigenvalue weighted by Crippen LogP contribution is -2.63. The number of hydroxylamine groups is 2. The van der Waals surface area contributed by atoms with E-state index in [-0.39, 0.29) is 63.0 Å². The number of allylic oxidation sites excluding steroid dienone is 3. The van der Waals surface area contributed by atoms with E-state index in [1.807, 2.05) is 32.1 Å². The van der Waals surface area contributed by atoms with Crippen molar-refractivity contribution in [1.29, 1.82) is 0 Å². The first kappa shape index (κ1) is 53.9. The summed E-state index contributed by atoms with van der Waals surface area (Å²) in [6.45, 7) is 9.21. The molecule has 1 aromatic rings. The van der Waals surface area contributed by atoms with Crippen LogP contribution in [0.5, 0.6) is 0 Å². The molecule has 4 bridgehead atoms. The maximum Gasteiger partial charge on any atom is 0.409 e. The summed E-state index contributed by atoms with van der Waals surface area (Å²) in [7, 11) is 3.03. The number of ether oxygens (including phenoxy) is 5.